The van der Waals surface area contributed by atoms with Gasteiger partial charge in [0, 0.05) is 55.7 Å². The van der Waals surface area contributed by atoms with E-state index in [9.17, 15) is 9.59 Å². The van der Waals surface area contributed by atoms with Gasteiger partial charge in [0.05, 0.1) is 17.8 Å². The highest BCUT2D eigenvalue weighted by molar-refractivity contribution is 6.07. The van der Waals surface area contributed by atoms with Crippen LogP contribution in [0.2, 0.25) is 0 Å². The minimum absolute atomic E-state index is 0.0217. The summed E-state index contributed by atoms with van der Waals surface area (Å²) in [5.41, 5.74) is 1.61. The van der Waals surface area contributed by atoms with Gasteiger partial charge in [0.1, 0.15) is 0 Å². The zero-order chi connectivity index (χ0) is 17.9. The maximum atomic E-state index is 12.6. The van der Waals surface area contributed by atoms with Crippen LogP contribution >= 0.6 is 0 Å². The maximum absolute atomic E-state index is 12.6. The summed E-state index contributed by atoms with van der Waals surface area (Å²) < 4.78 is 1.98. The van der Waals surface area contributed by atoms with Crippen molar-refractivity contribution in [3.05, 3.63) is 54.7 Å². The highest BCUT2D eigenvalue weighted by Gasteiger charge is 2.36. The Morgan fingerprint density at radius 2 is 2.12 bits per heavy atom. The Kier molecular flexibility index (Phi) is 4.43. The average Bonchev–Trinajstić information content (AvgIpc) is 3.26. The van der Waals surface area contributed by atoms with E-state index < -0.39 is 0 Å². The Labute approximate surface area is 151 Å². The van der Waals surface area contributed by atoms with E-state index in [1.807, 2.05) is 35.0 Å². The van der Waals surface area contributed by atoms with E-state index in [2.05, 4.69) is 15.3 Å². The summed E-state index contributed by atoms with van der Waals surface area (Å²) in [5.74, 6) is -0.109. The largest absolute Gasteiger partial charge is 0.360 e. The normalized spacial score (nSPS) is 14.4. The Hall–Kier alpha value is -3.09. The lowest BCUT2D eigenvalue weighted by Crippen LogP contribution is -2.55. The zero-order valence-corrected chi connectivity index (χ0v) is 14.4. The summed E-state index contributed by atoms with van der Waals surface area (Å²) in [6.45, 7) is 2.41. The molecule has 7 nitrogen and oxygen atoms in total. The number of nitrogens with zero attached hydrogens (tertiary/aromatic N) is 3. The predicted octanol–water partition coefficient (Wildman–Crippen LogP) is 1.64. The number of fused-ring (bicyclic) bond motifs is 1. The van der Waals surface area contributed by atoms with E-state index >= 15 is 0 Å². The molecule has 1 saturated heterocycles. The fourth-order valence-electron chi connectivity index (χ4n) is 3.27. The number of imidazole rings is 1. The van der Waals surface area contributed by atoms with Crippen molar-refractivity contribution in [2.24, 2.45) is 5.92 Å². The van der Waals surface area contributed by atoms with Gasteiger partial charge < -0.3 is 19.8 Å². The van der Waals surface area contributed by atoms with Crippen LogP contribution in [0.4, 0.5) is 0 Å². The number of nitrogens with one attached hydrogen (secondary N) is 2. The van der Waals surface area contributed by atoms with Crippen molar-refractivity contribution in [2.45, 2.75) is 13.0 Å². The van der Waals surface area contributed by atoms with Crippen molar-refractivity contribution >= 4 is 22.7 Å². The van der Waals surface area contributed by atoms with E-state index in [0.29, 0.717) is 25.2 Å². The third-order valence-corrected chi connectivity index (χ3v) is 4.81. The van der Waals surface area contributed by atoms with Gasteiger partial charge in [-0.15, -0.1) is 0 Å². The van der Waals surface area contributed by atoms with Crippen LogP contribution < -0.4 is 5.32 Å². The van der Waals surface area contributed by atoms with Crippen LogP contribution in [0.3, 0.4) is 0 Å². The van der Waals surface area contributed by atoms with Crippen LogP contribution in [0.5, 0.6) is 0 Å². The molecule has 1 aliphatic heterocycles. The van der Waals surface area contributed by atoms with E-state index in [1.54, 1.807) is 23.6 Å². The van der Waals surface area contributed by atoms with Crippen LogP contribution in [0.1, 0.15) is 16.8 Å². The number of aromatic amines is 1. The molecule has 1 fully saturated rings. The smallest absolute Gasteiger partial charge is 0.256 e. The second kappa shape index (κ2) is 7.03. The molecule has 0 radical (unpaired) electrons. The topological polar surface area (TPSA) is 83.0 Å². The number of rotatable bonds is 6. The number of likely N-dealkylation sites (tertiary alicyclic amines) is 1. The van der Waals surface area contributed by atoms with Gasteiger partial charge in [0.2, 0.25) is 5.91 Å². The standard InChI is InChI=1S/C19H21N5O2/c25-18(21-6-3-8-23-9-7-20-13-23)14-11-24(12-14)19(26)16-10-22-17-5-2-1-4-15(16)17/h1-2,4-5,7,9-10,13-14,22H,3,6,8,11-12H2,(H,21,25). The first-order valence-electron chi connectivity index (χ1n) is 8.81. The Bertz CT molecular complexity index is 909. The number of H-pyrrole nitrogens is 1. The first kappa shape index (κ1) is 16.4. The van der Waals surface area contributed by atoms with Gasteiger partial charge in [-0.05, 0) is 12.5 Å². The van der Waals surface area contributed by atoms with Gasteiger partial charge >= 0.3 is 0 Å². The van der Waals surface area contributed by atoms with Gasteiger partial charge in [-0.2, -0.15) is 0 Å². The fraction of sp³-hybridized carbons (Fsp3) is 0.316. The van der Waals surface area contributed by atoms with E-state index in [4.69, 9.17) is 0 Å². The molecule has 1 aromatic carbocycles. The van der Waals surface area contributed by atoms with Gasteiger partial charge in [-0.1, -0.05) is 18.2 Å². The number of hydrogen-bond acceptors (Lipinski definition) is 3. The van der Waals surface area contributed by atoms with Crippen molar-refractivity contribution in [2.75, 3.05) is 19.6 Å². The summed E-state index contributed by atoms with van der Waals surface area (Å²) in [7, 11) is 0. The number of aromatic nitrogens is 3. The molecule has 1 aliphatic rings. The molecule has 134 valence electrons. The van der Waals surface area contributed by atoms with Crippen LogP contribution in [-0.2, 0) is 11.3 Å². The van der Waals surface area contributed by atoms with Crippen molar-refractivity contribution < 1.29 is 9.59 Å². The molecule has 2 aromatic heterocycles. The minimum atomic E-state index is -0.114. The van der Waals surface area contributed by atoms with Crippen LogP contribution in [0.25, 0.3) is 10.9 Å². The van der Waals surface area contributed by atoms with E-state index in [0.717, 1.165) is 23.9 Å². The van der Waals surface area contributed by atoms with Gasteiger partial charge in [-0.3, -0.25) is 9.59 Å². The highest BCUT2D eigenvalue weighted by Crippen LogP contribution is 2.24. The number of hydrogen-bond donors (Lipinski definition) is 2. The molecule has 0 bridgehead atoms. The zero-order valence-electron chi connectivity index (χ0n) is 14.4. The van der Waals surface area contributed by atoms with Crippen molar-refractivity contribution in [1.29, 1.82) is 0 Å². The number of para-hydroxylation sites is 1. The SMILES string of the molecule is O=C(NCCCn1ccnc1)C1CN(C(=O)c2c[nH]c3ccccc23)C1. The monoisotopic (exact) mass is 351 g/mol. The second-order valence-corrected chi connectivity index (χ2v) is 6.60. The van der Waals surface area contributed by atoms with Crippen LogP contribution in [0, 0.1) is 5.92 Å². The molecule has 2 N–H and O–H groups in total. The first-order valence-corrected chi connectivity index (χ1v) is 8.81. The fourth-order valence-corrected chi connectivity index (χ4v) is 3.27. The number of carbonyl (C=O) groups is 2. The molecule has 0 saturated carbocycles. The molecular weight excluding hydrogens is 330 g/mol. The van der Waals surface area contributed by atoms with E-state index in [1.165, 1.54) is 0 Å². The second-order valence-electron chi connectivity index (χ2n) is 6.60. The molecule has 3 aromatic rings. The molecule has 3 heterocycles. The molecule has 0 atom stereocenters. The van der Waals surface area contributed by atoms with Gasteiger partial charge in [0.25, 0.3) is 5.91 Å². The Morgan fingerprint density at radius 1 is 1.27 bits per heavy atom. The summed E-state index contributed by atoms with van der Waals surface area (Å²) in [4.78, 5) is 33.6. The van der Waals surface area contributed by atoms with Crippen LogP contribution in [-0.4, -0.2) is 50.9 Å². The summed E-state index contributed by atoms with van der Waals surface area (Å²) >= 11 is 0. The number of aryl methyl sites for hydroxylation is 1. The molecule has 4 rings (SSSR count). The average molecular weight is 351 g/mol. The molecule has 0 unspecified atom stereocenters. The quantitative estimate of drug-likeness (QED) is 0.662. The lowest BCUT2D eigenvalue weighted by atomic mass is 9.97. The lowest BCUT2D eigenvalue weighted by molar-refractivity contribution is -0.128. The molecular formula is C19H21N5O2. The minimum Gasteiger partial charge on any atom is -0.360 e. The van der Waals surface area contributed by atoms with E-state index in [-0.39, 0.29) is 17.7 Å². The third kappa shape index (κ3) is 3.20. The molecule has 26 heavy (non-hydrogen) atoms. The summed E-state index contributed by atoms with van der Waals surface area (Å²) in [5, 5.41) is 3.88. The maximum Gasteiger partial charge on any atom is 0.256 e. The van der Waals surface area contributed by atoms with Crippen LogP contribution in [0.15, 0.2) is 49.2 Å². The van der Waals surface area contributed by atoms with Crippen molar-refractivity contribution in [3.63, 3.8) is 0 Å². The number of carbonyl (C=O) groups excluding carboxylic acids is 2. The Balaban J connectivity index is 1.24. The predicted molar refractivity (Wildman–Crippen MR) is 97.5 cm³/mol. The highest BCUT2D eigenvalue weighted by atomic mass is 16.2. The summed E-state index contributed by atoms with van der Waals surface area (Å²) in [6.07, 6.45) is 8.01. The lowest BCUT2D eigenvalue weighted by Gasteiger charge is -2.38. The molecule has 7 heteroatoms. The third-order valence-electron chi connectivity index (χ3n) is 4.81. The molecule has 0 aliphatic carbocycles. The number of benzene rings is 1. The van der Waals surface area contributed by atoms with Gasteiger partial charge in [-0.25, -0.2) is 4.98 Å². The van der Waals surface area contributed by atoms with Crippen molar-refractivity contribution in [1.82, 2.24) is 24.8 Å². The first-order chi connectivity index (χ1) is 12.7. The molecule has 0 spiro atoms. The summed E-state index contributed by atoms with van der Waals surface area (Å²) in [6, 6.07) is 7.73. The molecule has 2 amide bonds. The Morgan fingerprint density at radius 3 is 2.92 bits per heavy atom. The number of amides is 2. The van der Waals surface area contributed by atoms with Gasteiger partial charge in [0.15, 0.2) is 0 Å². The van der Waals surface area contributed by atoms with Crippen molar-refractivity contribution in [3.8, 4) is 0 Å².